The molecule has 0 aliphatic heterocycles. The van der Waals surface area contributed by atoms with Crippen LogP contribution >= 0.6 is 0 Å². The van der Waals surface area contributed by atoms with Gasteiger partial charge in [0.25, 0.3) is 0 Å². The van der Waals surface area contributed by atoms with E-state index in [1.807, 2.05) is 13.8 Å². The minimum Gasteiger partial charge on any atom is -0.378 e. The highest BCUT2D eigenvalue weighted by molar-refractivity contribution is 5.85. The molecule has 1 saturated carbocycles. The zero-order valence-corrected chi connectivity index (χ0v) is 11.9. The first-order chi connectivity index (χ1) is 9.15. The quantitative estimate of drug-likeness (QED) is 0.707. The number of carbonyl (C=O) groups excluding carboxylic acids is 1. The minimum atomic E-state index is -4.14. The highest BCUT2D eigenvalue weighted by atomic mass is 19.4. The molecule has 118 valence electrons. The van der Waals surface area contributed by atoms with Crippen molar-refractivity contribution in [2.75, 3.05) is 6.61 Å². The van der Waals surface area contributed by atoms with Crippen molar-refractivity contribution in [1.29, 1.82) is 0 Å². The van der Waals surface area contributed by atoms with Crippen LogP contribution in [0.15, 0.2) is 0 Å². The Morgan fingerprint density at radius 3 is 2.65 bits per heavy atom. The van der Waals surface area contributed by atoms with Crippen molar-refractivity contribution < 1.29 is 22.7 Å². The van der Waals surface area contributed by atoms with Gasteiger partial charge in [-0.2, -0.15) is 13.2 Å². The van der Waals surface area contributed by atoms with E-state index in [1.165, 1.54) is 0 Å². The first kappa shape index (κ1) is 17.2. The highest BCUT2D eigenvalue weighted by Gasteiger charge is 2.44. The van der Waals surface area contributed by atoms with Crippen molar-refractivity contribution >= 4 is 5.91 Å². The van der Waals surface area contributed by atoms with E-state index in [4.69, 9.17) is 10.5 Å². The summed E-state index contributed by atoms with van der Waals surface area (Å²) in [6.07, 6.45) is -3.63. The third-order valence-electron chi connectivity index (χ3n) is 3.46. The Bertz CT molecular complexity index is 334. The van der Waals surface area contributed by atoms with E-state index < -0.39 is 24.0 Å². The lowest BCUT2D eigenvalue weighted by Crippen LogP contribution is -2.56. The Balaban J connectivity index is 2.39. The molecule has 0 saturated heterocycles. The maximum atomic E-state index is 12.0. The zero-order valence-electron chi connectivity index (χ0n) is 11.9. The molecule has 1 aliphatic carbocycles. The highest BCUT2D eigenvalue weighted by Crippen LogP contribution is 2.32. The Labute approximate surface area is 117 Å². The number of rotatable bonds is 7. The Hall–Kier alpha value is -0.820. The summed E-state index contributed by atoms with van der Waals surface area (Å²) in [6.45, 7) is 3.89. The number of alkyl halides is 3. The fourth-order valence-corrected chi connectivity index (χ4v) is 2.64. The average molecular weight is 296 g/mol. The number of hydrogen-bond donors (Lipinski definition) is 2. The Morgan fingerprint density at radius 1 is 1.50 bits per heavy atom. The zero-order chi connectivity index (χ0) is 15.4. The second-order valence-electron chi connectivity index (χ2n) is 5.70. The van der Waals surface area contributed by atoms with Gasteiger partial charge in [0.2, 0.25) is 5.91 Å². The monoisotopic (exact) mass is 296 g/mol. The number of nitrogens with two attached hydrogens (primary N) is 1. The SMILES string of the molecule is CC(C)NC1(C(N)=O)CCC(OCCCC(F)(F)F)C1. The minimum absolute atomic E-state index is 0.0544. The lowest BCUT2D eigenvalue weighted by Gasteiger charge is -2.29. The molecule has 0 aromatic rings. The molecule has 7 heteroatoms. The molecule has 0 radical (unpaired) electrons. The van der Waals surface area contributed by atoms with Crippen molar-refractivity contribution in [3.8, 4) is 0 Å². The lowest BCUT2D eigenvalue weighted by atomic mass is 9.95. The van der Waals surface area contributed by atoms with E-state index in [0.717, 1.165) is 0 Å². The summed E-state index contributed by atoms with van der Waals surface area (Å²) in [5, 5.41) is 3.16. The van der Waals surface area contributed by atoms with Gasteiger partial charge in [0.15, 0.2) is 0 Å². The van der Waals surface area contributed by atoms with Crippen molar-refractivity contribution in [3.63, 3.8) is 0 Å². The van der Waals surface area contributed by atoms with Gasteiger partial charge in [0, 0.05) is 25.5 Å². The number of halogens is 3. The van der Waals surface area contributed by atoms with Crippen molar-refractivity contribution in [2.24, 2.45) is 5.73 Å². The van der Waals surface area contributed by atoms with E-state index in [9.17, 15) is 18.0 Å². The topological polar surface area (TPSA) is 64.3 Å². The average Bonchev–Trinajstić information content (AvgIpc) is 2.67. The van der Waals surface area contributed by atoms with Crippen molar-refractivity contribution in [2.45, 2.75) is 69.8 Å². The number of nitrogens with one attached hydrogen (secondary N) is 1. The summed E-state index contributed by atoms with van der Waals surface area (Å²) < 4.78 is 41.4. The molecule has 0 heterocycles. The molecule has 2 unspecified atom stereocenters. The molecule has 1 rings (SSSR count). The standard InChI is InChI=1S/C13H23F3N2O2/c1-9(2)18-12(11(17)19)6-4-10(8-12)20-7-3-5-13(14,15)16/h9-10,18H,3-8H2,1-2H3,(H2,17,19). The van der Waals surface area contributed by atoms with Crippen LogP contribution in [0, 0.1) is 0 Å². The van der Waals surface area contributed by atoms with Gasteiger partial charge in [0.05, 0.1) is 6.10 Å². The lowest BCUT2D eigenvalue weighted by molar-refractivity contribution is -0.138. The van der Waals surface area contributed by atoms with Gasteiger partial charge in [-0.1, -0.05) is 0 Å². The third kappa shape index (κ3) is 5.28. The van der Waals surface area contributed by atoms with Crippen LogP contribution in [-0.4, -0.2) is 36.4 Å². The molecule has 4 nitrogen and oxygen atoms in total. The first-order valence-corrected chi connectivity index (χ1v) is 6.90. The van der Waals surface area contributed by atoms with E-state index in [1.54, 1.807) is 0 Å². The normalized spacial score (nSPS) is 27.2. The summed E-state index contributed by atoms with van der Waals surface area (Å²) >= 11 is 0. The maximum absolute atomic E-state index is 12.0. The van der Waals surface area contributed by atoms with Gasteiger partial charge in [0.1, 0.15) is 5.54 Å². The van der Waals surface area contributed by atoms with E-state index >= 15 is 0 Å². The molecule has 0 spiro atoms. The van der Waals surface area contributed by atoms with Crippen LogP contribution in [0.25, 0.3) is 0 Å². The van der Waals surface area contributed by atoms with E-state index in [2.05, 4.69) is 5.32 Å². The van der Waals surface area contributed by atoms with Gasteiger partial charge in [-0.05, 0) is 33.1 Å². The van der Waals surface area contributed by atoms with E-state index in [0.29, 0.717) is 19.3 Å². The molecule has 1 aliphatic rings. The predicted molar refractivity (Wildman–Crippen MR) is 69.1 cm³/mol. The van der Waals surface area contributed by atoms with Gasteiger partial charge in [-0.3, -0.25) is 4.79 Å². The van der Waals surface area contributed by atoms with Crippen molar-refractivity contribution in [1.82, 2.24) is 5.32 Å². The van der Waals surface area contributed by atoms with Crippen LogP contribution < -0.4 is 11.1 Å². The second-order valence-corrected chi connectivity index (χ2v) is 5.70. The molecule has 1 amide bonds. The molecule has 0 aromatic heterocycles. The largest absolute Gasteiger partial charge is 0.389 e. The first-order valence-electron chi connectivity index (χ1n) is 6.90. The Morgan fingerprint density at radius 2 is 2.15 bits per heavy atom. The molecular formula is C13H23F3N2O2. The van der Waals surface area contributed by atoms with Gasteiger partial charge in [-0.15, -0.1) is 0 Å². The van der Waals surface area contributed by atoms with E-state index in [-0.39, 0.29) is 25.2 Å². The fraction of sp³-hybridized carbons (Fsp3) is 0.923. The molecule has 1 fully saturated rings. The number of hydrogen-bond acceptors (Lipinski definition) is 3. The van der Waals surface area contributed by atoms with Gasteiger partial charge in [-0.25, -0.2) is 0 Å². The number of ether oxygens (including phenoxy) is 1. The number of amides is 1. The van der Waals surface area contributed by atoms with Gasteiger partial charge >= 0.3 is 6.18 Å². The number of carbonyl (C=O) groups is 1. The Kier molecular flexibility index (Phi) is 5.82. The molecule has 3 N–H and O–H groups in total. The maximum Gasteiger partial charge on any atom is 0.389 e. The van der Waals surface area contributed by atoms with Crippen LogP contribution in [-0.2, 0) is 9.53 Å². The van der Waals surface area contributed by atoms with Crippen LogP contribution in [0.4, 0.5) is 13.2 Å². The second kappa shape index (κ2) is 6.76. The van der Waals surface area contributed by atoms with Crippen LogP contribution in [0.3, 0.4) is 0 Å². The summed E-state index contributed by atoms with van der Waals surface area (Å²) in [4.78, 5) is 11.6. The fourth-order valence-electron chi connectivity index (χ4n) is 2.64. The predicted octanol–water partition coefficient (Wildman–Crippen LogP) is 2.12. The smallest absolute Gasteiger partial charge is 0.378 e. The summed E-state index contributed by atoms with van der Waals surface area (Å²) in [6, 6.07) is 0.103. The summed E-state index contributed by atoms with van der Waals surface area (Å²) in [5.41, 5.74) is 4.66. The van der Waals surface area contributed by atoms with Gasteiger partial charge < -0.3 is 15.8 Å². The van der Waals surface area contributed by atoms with Crippen molar-refractivity contribution in [3.05, 3.63) is 0 Å². The molecule has 0 bridgehead atoms. The van der Waals surface area contributed by atoms with Crippen LogP contribution in [0.5, 0.6) is 0 Å². The molecular weight excluding hydrogens is 273 g/mol. The summed E-state index contributed by atoms with van der Waals surface area (Å²) in [5.74, 6) is -0.424. The third-order valence-corrected chi connectivity index (χ3v) is 3.46. The summed E-state index contributed by atoms with van der Waals surface area (Å²) in [7, 11) is 0. The molecule has 2 atom stereocenters. The van der Waals surface area contributed by atoms with Crippen LogP contribution in [0.1, 0.15) is 46.0 Å². The molecule has 20 heavy (non-hydrogen) atoms. The molecule has 0 aromatic carbocycles. The van der Waals surface area contributed by atoms with Crippen LogP contribution in [0.2, 0.25) is 0 Å². The number of primary amides is 1.